The molecule has 5 nitrogen and oxygen atoms in total. The van der Waals surface area contributed by atoms with E-state index in [2.05, 4.69) is 27.8 Å². The number of nitrogens with one attached hydrogen (secondary N) is 1. The van der Waals surface area contributed by atoms with Crippen LogP contribution in [0.2, 0.25) is 0 Å². The average molecular weight is 459 g/mol. The number of para-hydroxylation sites is 1. The van der Waals surface area contributed by atoms with Crippen LogP contribution in [0.5, 0.6) is 5.75 Å². The maximum atomic E-state index is 13.1. The van der Waals surface area contributed by atoms with Gasteiger partial charge in [0.15, 0.2) is 5.11 Å². The number of hydrogen-bond donors (Lipinski definition) is 1. The van der Waals surface area contributed by atoms with Gasteiger partial charge in [-0.15, -0.1) is 0 Å². The molecule has 0 radical (unpaired) electrons. The first-order chi connectivity index (χ1) is 13.5. The van der Waals surface area contributed by atoms with Crippen LogP contribution in [-0.4, -0.2) is 23.4 Å². The van der Waals surface area contributed by atoms with E-state index in [0.717, 1.165) is 21.5 Å². The fraction of sp³-hybridized carbons (Fsp3) is 0.238. The molecule has 3 atom stereocenters. The minimum Gasteiger partial charge on any atom is -0.466 e. The molecule has 4 rings (SSSR count). The number of hydrogen-bond acceptors (Lipinski definition) is 4. The molecule has 2 heterocycles. The van der Waals surface area contributed by atoms with Crippen LogP contribution in [0.15, 0.2) is 65.7 Å². The summed E-state index contributed by atoms with van der Waals surface area (Å²) in [5.41, 5.74) is 0.644. The lowest BCUT2D eigenvalue weighted by Gasteiger charge is -2.55. The molecule has 7 heteroatoms. The zero-order valence-corrected chi connectivity index (χ0v) is 17.6. The van der Waals surface area contributed by atoms with Gasteiger partial charge in [0.05, 0.1) is 6.04 Å². The summed E-state index contributed by atoms with van der Waals surface area (Å²) >= 11 is 9.19. The second-order valence-electron chi connectivity index (χ2n) is 6.83. The molecule has 2 aliphatic heterocycles. The molecule has 3 unspecified atom stereocenters. The third-order valence-electron chi connectivity index (χ3n) is 5.07. The summed E-state index contributed by atoms with van der Waals surface area (Å²) in [6, 6.07) is 15.1. The van der Waals surface area contributed by atoms with Gasteiger partial charge < -0.3 is 14.8 Å². The molecular weight excluding hydrogens is 440 g/mol. The number of esters is 1. The van der Waals surface area contributed by atoms with E-state index in [1.54, 1.807) is 6.08 Å². The molecule has 2 bridgehead atoms. The van der Waals surface area contributed by atoms with Crippen LogP contribution in [0, 0.1) is 5.92 Å². The van der Waals surface area contributed by atoms with Crippen molar-refractivity contribution in [3.05, 3.63) is 71.2 Å². The maximum Gasteiger partial charge on any atom is 0.317 e. The van der Waals surface area contributed by atoms with E-state index in [0.29, 0.717) is 5.11 Å². The summed E-state index contributed by atoms with van der Waals surface area (Å²) in [7, 11) is 0. The second-order valence-corrected chi connectivity index (χ2v) is 8.14. The number of fused-ring (bicyclic) bond motifs is 4. The number of halogens is 1. The third kappa shape index (κ3) is 2.99. The summed E-state index contributed by atoms with van der Waals surface area (Å²) in [4.78, 5) is 14.9. The Morgan fingerprint density at radius 1 is 1.39 bits per heavy atom. The van der Waals surface area contributed by atoms with Gasteiger partial charge >= 0.3 is 5.97 Å². The van der Waals surface area contributed by atoms with Gasteiger partial charge in [0.25, 0.3) is 0 Å². The monoisotopic (exact) mass is 458 g/mol. The van der Waals surface area contributed by atoms with Crippen molar-refractivity contribution in [2.75, 3.05) is 11.5 Å². The van der Waals surface area contributed by atoms with Crippen molar-refractivity contribution >= 4 is 44.9 Å². The molecule has 0 saturated carbocycles. The van der Waals surface area contributed by atoms with Crippen molar-refractivity contribution in [3.63, 3.8) is 0 Å². The molecule has 1 N–H and O–H groups in total. The van der Waals surface area contributed by atoms with Crippen LogP contribution in [0.25, 0.3) is 0 Å². The number of carbonyl (C=O) groups is 1. The Hall–Kier alpha value is -2.38. The Labute approximate surface area is 177 Å². The summed E-state index contributed by atoms with van der Waals surface area (Å²) in [6.45, 7) is 5.65. The Bertz CT molecular complexity index is 966. The smallest absolute Gasteiger partial charge is 0.317 e. The maximum absolute atomic E-state index is 13.1. The number of carbonyl (C=O) groups excluding carboxylic acids is 1. The van der Waals surface area contributed by atoms with Crippen LogP contribution in [0.1, 0.15) is 18.5 Å². The second kappa shape index (κ2) is 7.22. The highest BCUT2D eigenvalue weighted by molar-refractivity contribution is 9.10. The van der Waals surface area contributed by atoms with E-state index in [-0.39, 0.29) is 18.6 Å². The lowest BCUT2D eigenvalue weighted by atomic mass is 9.79. The Morgan fingerprint density at radius 3 is 2.93 bits per heavy atom. The molecule has 0 aliphatic carbocycles. The first-order valence-corrected chi connectivity index (χ1v) is 10.1. The molecule has 0 spiro atoms. The molecule has 2 aliphatic rings. The number of benzene rings is 2. The lowest BCUT2D eigenvalue weighted by molar-refractivity contribution is -0.159. The number of anilines is 1. The van der Waals surface area contributed by atoms with Gasteiger partial charge in [-0.2, -0.15) is 0 Å². The molecular formula is C21H19BrN2O3S. The lowest BCUT2D eigenvalue weighted by Crippen LogP contribution is -2.71. The van der Waals surface area contributed by atoms with Gasteiger partial charge in [-0.05, 0) is 43.4 Å². The summed E-state index contributed by atoms with van der Waals surface area (Å²) in [5.74, 6) is -0.275. The van der Waals surface area contributed by atoms with Crippen molar-refractivity contribution in [1.82, 2.24) is 5.32 Å². The minimum atomic E-state index is -1.06. The predicted molar refractivity (Wildman–Crippen MR) is 115 cm³/mol. The van der Waals surface area contributed by atoms with E-state index in [9.17, 15) is 4.79 Å². The number of nitrogens with zero attached hydrogens (tertiary/aromatic N) is 1. The Kier molecular flexibility index (Phi) is 4.89. The molecule has 2 aromatic carbocycles. The highest BCUT2D eigenvalue weighted by Gasteiger charge is 2.59. The molecule has 1 saturated heterocycles. The van der Waals surface area contributed by atoms with Gasteiger partial charge in [0.1, 0.15) is 18.3 Å². The zero-order chi connectivity index (χ0) is 19.9. The van der Waals surface area contributed by atoms with Crippen LogP contribution in [0.4, 0.5) is 5.69 Å². The van der Waals surface area contributed by atoms with Gasteiger partial charge in [-0.3, -0.25) is 9.69 Å². The molecule has 28 heavy (non-hydrogen) atoms. The molecule has 2 aromatic rings. The van der Waals surface area contributed by atoms with E-state index in [1.165, 1.54) is 0 Å². The van der Waals surface area contributed by atoms with E-state index in [1.807, 2.05) is 60.4 Å². The van der Waals surface area contributed by atoms with Crippen LogP contribution in [0.3, 0.4) is 0 Å². The Morgan fingerprint density at radius 2 is 2.18 bits per heavy atom. The molecule has 1 fully saturated rings. The first-order valence-electron chi connectivity index (χ1n) is 8.87. The number of rotatable bonds is 4. The quantitative estimate of drug-likeness (QED) is 0.417. The fourth-order valence-electron chi connectivity index (χ4n) is 3.92. The third-order valence-corrected chi connectivity index (χ3v) is 5.86. The zero-order valence-electron chi connectivity index (χ0n) is 15.2. The fourth-order valence-corrected chi connectivity index (χ4v) is 4.73. The SMILES string of the molecule is C=CCOC(=O)C1C2NC(=S)N(c3cccc(Br)c3)C1(C)Oc1ccccc12. The van der Waals surface area contributed by atoms with E-state index in [4.69, 9.17) is 21.7 Å². The average Bonchev–Trinajstić information content (AvgIpc) is 2.65. The summed E-state index contributed by atoms with van der Waals surface area (Å²) < 4.78 is 12.8. The normalized spacial score (nSPS) is 25.2. The van der Waals surface area contributed by atoms with Crippen molar-refractivity contribution in [1.29, 1.82) is 0 Å². The molecule has 144 valence electrons. The van der Waals surface area contributed by atoms with Crippen LogP contribution < -0.4 is 15.0 Å². The topological polar surface area (TPSA) is 50.8 Å². The minimum absolute atomic E-state index is 0.140. The van der Waals surface area contributed by atoms with Crippen LogP contribution >= 0.6 is 28.1 Å². The summed E-state index contributed by atoms with van der Waals surface area (Å²) in [6.07, 6.45) is 1.55. The highest BCUT2D eigenvalue weighted by atomic mass is 79.9. The van der Waals surface area contributed by atoms with Gasteiger partial charge in [0, 0.05) is 15.7 Å². The first kappa shape index (κ1) is 19.0. The van der Waals surface area contributed by atoms with Crippen molar-refractivity contribution in [2.24, 2.45) is 5.92 Å². The van der Waals surface area contributed by atoms with Gasteiger partial charge in [0.2, 0.25) is 5.72 Å². The van der Waals surface area contributed by atoms with Crippen molar-refractivity contribution in [2.45, 2.75) is 18.7 Å². The standard InChI is InChI=1S/C21H19BrN2O3S/c1-3-11-26-19(25)17-18-15-9-4-5-10-16(15)27-21(17,2)24(20(28)23-18)14-8-6-7-13(22)12-14/h3-10,12,17-18H,1,11H2,2H3,(H,23,28). The van der Waals surface area contributed by atoms with E-state index >= 15 is 0 Å². The van der Waals surface area contributed by atoms with Crippen molar-refractivity contribution in [3.8, 4) is 5.75 Å². The molecule has 0 aromatic heterocycles. The predicted octanol–water partition coefficient (Wildman–Crippen LogP) is 4.34. The molecule has 0 amide bonds. The van der Waals surface area contributed by atoms with Gasteiger partial charge in [-0.25, -0.2) is 0 Å². The number of ether oxygens (including phenoxy) is 2. The van der Waals surface area contributed by atoms with Crippen molar-refractivity contribution < 1.29 is 14.3 Å². The van der Waals surface area contributed by atoms with Crippen LogP contribution in [-0.2, 0) is 9.53 Å². The largest absolute Gasteiger partial charge is 0.466 e. The summed E-state index contributed by atoms with van der Waals surface area (Å²) in [5, 5.41) is 3.83. The highest BCUT2D eigenvalue weighted by Crippen LogP contribution is 2.49. The Balaban J connectivity index is 1.87. The number of thiocarbonyl (C=S) groups is 1. The van der Waals surface area contributed by atoms with E-state index < -0.39 is 11.6 Å². The van der Waals surface area contributed by atoms with Gasteiger partial charge in [-0.1, -0.05) is 52.9 Å².